The number of hydrogen-bond donors (Lipinski definition) is 2. The highest BCUT2D eigenvalue weighted by molar-refractivity contribution is 7.99. The minimum atomic E-state index is -3.29. The zero-order chi connectivity index (χ0) is 15.3. The molecule has 2 aliphatic rings. The van der Waals surface area contributed by atoms with Gasteiger partial charge in [-0.05, 0) is 64.3 Å². The molecule has 7 heteroatoms. The normalized spacial score (nSPS) is 29.6. The Morgan fingerprint density at radius 1 is 1.10 bits per heavy atom. The maximum absolute atomic E-state index is 12.5. The molecule has 0 radical (unpaired) electrons. The summed E-state index contributed by atoms with van der Waals surface area (Å²) in [7, 11) is -1.34. The van der Waals surface area contributed by atoms with Gasteiger partial charge in [0.25, 0.3) is 10.2 Å². The van der Waals surface area contributed by atoms with E-state index in [1.807, 2.05) is 18.8 Å². The fraction of sp³-hybridized carbons (Fsp3) is 1.00. The standard InChI is InChI=1S/C14H29N3O2S2/c1-15-11-12-7-9-17(10-8-12)21(18,19)16-13-3-5-14(20-2)6-4-13/h12-16H,3-11H2,1-2H3. The van der Waals surface area contributed by atoms with Gasteiger partial charge in [0.2, 0.25) is 0 Å². The number of nitrogens with zero attached hydrogens (tertiary/aromatic N) is 1. The van der Waals surface area contributed by atoms with Crippen LogP contribution in [0.2, 0.25) is 0 Å². The van der Waals surface area contributed by atoms with Gasteiger partial charge in [-0.3, -0.25) is 0 Å². The van der Waals surface area contributed by atoms with Crippen molar-refractivity contribution in [1.29, 1.82) is 0 Å². The number of rotatable bonds is 6. The lowest BCUT2D eigenvalue weighted by molar-refractivity contribution is 0.265. The molecule has 1 aliphatic carbocycles. The average molecular weight is 336 g/mol. The van der Waals surface area contributed by atoms with Crippen molar-refractivity contribution in [1.82, 2.24) is 14.3 Å². The van der Waals surface area contributed by atoms with Crippen LogP contribution in [-0.4, -0.2) is 57.0 Å². The summed E-state index contributed by atoms with van der Waals surface area (Å²) in [5.41, 5.74) is 0. The zero-order valence-electron chi connectivity index (χ0n) is 13.2. The summed E-state index contributed by atoms with van der Waals surface area (Å²) in [5, 5.41) is 3.89. The number of thioether (sulfide) groups is 1. The third-order valence-corrected chi connectivity index (χ3v) is 7.54. The van der Waals surface area contributed by atoms with Crippen LogP contribution in [0.25, 0.3) is 0 Å². The molecule has 2 N–H and O–H groups in total. The first-order valence-corrected chi connectivity index (χ1v) is 10.7. The number of nitrogens with one attached hydrogen (secondary N) is 2. The van der Waals surface area contributed by atoms with E-state index in [4.69, 9.17) is 0 Å². The van der Waals surface area contributed by atoms with Crippen LogP contribution in [0, 0.1) is 5.92 Å². The molecule has 0 aromatic carbocycles. The van der Waals surface area contributed by atoms with Crippen molar-refractivity contribution in [2.45, 2.75) is 49.8 Å². The second kappa shape index (κ2) is 8.15. The van der Waals surface area contributed by atoms with Gasteiger partial charge in [0.1, 0.15) is 0 Å². The summed E-state index contributed by atoms with van der Waals surface area (Å²) in [4.78, 5) is 0. The maximum Gasteiger partial charge on any atom is 0.279 e. The van der Waals surface area contributed by atoms with Crippen LogP contribution >= 0.6 is 11.8 Å². The van der Waals surface area contributed by atoms with Crippen molar-refractivity contribution in [3.63, 3.8) is 0 Å². The van der Waals surface area contributed by atoms with Crippen LogP contribution in [0.3, 0.4) is 0 Å². The van der Waals surface area contributed by atoms with Crippen molar-refractivity contribution in [2.75, 3.05) is 32.9 Å². The third-order valence-electron chi connectivity index (χ3n) is 4.73. The molecule has 0 aromatic rings. The van der Waals surface area contributed by atoms with Crippen LogP contribution in [0.15, 0.2) is 0 Å². The molecule has 0 bridgehead atoms. The van der Waals surface area contributed by atoms with Gasteiger partial charge < -0.3 is 5.32 Å². The molecular weight excluding hydrogens is 306 g/mol. The van der Waals surface area contributed by atoms with Gasteiger partial charge in [0, 0.05) is 24.4 Å². The molecule has 1 aliphatic heterocycles. The number of hydrogen-bond acceptors (Lipinski definition) is 4. The Labute approximate surface area is 133 Å². The van der Waals surface area contributed by atoms with Crippen LogP contribution in [0.1, 0.15) is 38.5 Å². The lowest BCUT2D eigenvalue weighted by Gasteiger charge is -2.34. The molecule has 0 amide bonds. The molecule has 21 heavy (non-hydrogen) atoms. The van der Waals surface area contributed by atoms with E-state index < -0.39 is 10.2 Å². The van der Waals surface area contributed by atoms with Gasteiger partial charge in [-0.2, -0.15) is 29.2 Å². The molecule has 1 saturated carbocycles. The highest BCUT2D eigenvalue weighted by Crippen LogP contribution is 2.27. The molecule has 124 valence electrons. The highest BCUT2D eigenvalue weighted by atomic mass is 32.2. The first-order valence-electron chi connectivity index (χ1n) is 8.00. The van der Waals surface area contributed by atoms with Crippen molar-refractivity contribution < 1.29 is 8.42 Å². The monoisotopic (exact) mass is 335 g/mol. The summed E-state index contributed by atoms with van der Waals surface area (Å²) in [5.74, 6) is 0.610. The highest BCUT2D eigenvalue weighted by Gasteiger charge is 2.31. The Kier molecular flexibility index (Phi) is 6.80. The Morgan fingerprint density at radius 3 is 2.24 bits per heavy atom. The Balaban J connectivity index is 1.80. The molecule has 0 aromatic heterocycles. The van der Waals surface area contributed by atoms with Crippen LogP contribution in [-0.2, 0) is 10.2 Å². The minimum absolute atomic E-state index is 0.133. The van der Waals surface area contributed by atoms with Gasteiger partial charge in [0.05, 0.1) is 0 Å². The Morgan fingerprint density at radius 2 is 1.71 bits per heavy atom. The van der Waals surface area contributed by atoms with E-state index in [2.05, 4.69) is 16.3 Å². The second-order valence-electron chi connectivity index (χ2n) is 6.23. The topological polar surface area (TPSA) is 61.4 Å². The van der Waals surface area contributed by atoms with Gasteiger partial charge in [-0.1, -0.05) is 0 Å². The fourth-order valence-corrected chi connectivity index (χ4v) is 5.59. The van der Waals surface area contributed by atoms with Gasteiger partial charge in [-0.15, -0.1) is 0 Å². The van der Waals surface area contributed by atoms with E-state index in [0.29, 0.717) is 24.3 Å². The lowest BCUT2D eigenvalue weighted by atomic mass is 9.96. The van der Waals surface area contributed by atoms with E-state index >= 15 is 0 Å². The third kappa shape index (κ3) is 5.10. The van der Waals surface area contributed by atoms with Crippen LogP contribution in [0.5, 0.6) is 0 Å². The minimum Gasteiger partial charge on any atom is -0.319 e. The van der Waals surface area contributed by atoms with Crippen LogP contribution < -0.4 is 10.0 Å². The Hall–Kier alpha value is 0.180. The van der Waals surface area contributed by atoms with Gasteiger partial charge in [0.15, 0.2) is 0 Å². The van der Waals surface area contributed by atoms with E-state index in [-0.39, 0.29) is 6.04 Å². The van der Waals surface area contributed by atoms with Gasteiger partial charge >= 0.3 is 0 Å². The second-order valence-corrected chi connectivity index (χ2v) is 9.07. The van der Waals surface area contributed by atoms with E-state index in [9.17, 15) is 8.42 Å². The fourth-order valence-electron chi connectivity index (χ4n) is 3.34. The zero-order valence-corrected chi connectivity index (χ0v) is 14.8. The quantitative estimate of drug-likeness (QED) is 0.771. The summed E-state index contributed by atoms with van der Waals surface area (Å²) < 4.78 is 29.5. The predicted molar refractivity (Wildman–Crippen MR) is 89.8 cm³/mol. The molecule has 5 nitrogen and oxygen atoms in total. The summed E-state index contributed by atoms with van der Waals surface area (Å²) >= 11 is 1.91. The first-order chi connectivity index (χ1) is 10.0. The maximum atomic E-state index is 12.5. The summed E-state index contributed by atoms with van der Waals surface area (Å²) in [6.07, 6.45) is 8.26. The first kappa shape index (κ1) is 17.5. The summed E-state index contributed by atoms with van der Waals surface area (Å²) in [6, 6.07) is 0.133. The average Bonchev–Trinajstić information content (AvgIpc) is 2.48. The van der Waals surface area contributed by atoms with Crippen molar-refractivity contribution in [3.8, 4) is 0 Å². The van der Waals surface area contributed by atoms with E-state index in [1.54, 1.807) is 4.31 Å². The molecule has 0 unspecified atom stereocenters. The van der Waals surface area contributed by atoms with Crippen LogP contribution in [0.4, 0.5) is 0 Å². The molecule has 0 spiro atoms. The molecule has 1 saturated heterocycles. The van der Waals surface area contributed by atoms with E-state index in [0.717, 1.165) is 45.1 Å². The lowest BCUT2D eigenvalue weighted by Crippen LogP contribution is -2.49. The molecule has 2 rings (SSSR count). The summed E-state index contributed by atoms with van der Waals surface area (Å²) in [6.45, 7) is 2.30. The molecule has 0 atom stereocenters. The molecule has 2 fully saturated rings. The SMILES string of the molecule is CNCC1CCN(S(=O)(=O)NC2CCC(SC)CC2)CC1. The van der Waals surface area contributed by atoms with E-state index in [1.165, 1.54) is 0 Å². The van der Waals surface area contributed by atoms with Gasteiger partial charge in [-0.25, -0.2) is 0 Å². The van der Waals surface area contributed by atoms with Crippen molar-refractivity contribution in [2.24, 2.45) is 5.92 Å². The smallest absolute Gasteiger partial charge is 0.279 e. The largest absolute Gasteiger partial charge is 0.319 e. The molecular formula is C14H29N3O2S2. The van der Waals surface area contributed by atoms with Crippen molar-refractivity contribution in [3.05, 3.63) is 0 Å². The Bertz CT molecular complexity index is 400. The van der Waals surface area contributed by atoms with Crippen molar-refractivity contribution >= 4 is 22.0 Å². The number of piperidine rings is 1. The predicted octanol–water partition coefficient (Wildman–Crippen LogP) is 1.43. The molecule has 1 heterocycles.